The van der Waals surface area contributed by atoms with Crippen LogP contribution in [0.25, 0.3) is 0 Å². The van der Waals surface area contributed by atoms with Crippen LogP contribution in [0, 0.1) is 11.3 Å². The number of carboxylic acids is 1. The van der Waals surface area contributed by atoms with Gasteiger partial charge in [0, 0.05) is 13.1 Å². The first-order valence-corrected chi connectivity index (χ1v) is 8.74. The monoisotopic (exact) mass is 330 g/mol. The topological polar surface area (TPSA) is 69.6 Å². The Kier molecular flexibility index (Phi) is 4.52. The van der Waals surface area contributed by atoms with Crippen molar-refractivity contribution in [2.24, 2.45) is 11.3 Å². The first-order valence-electron chi connectivity index (χ1n) is 8.74. The van der Waals surface area contributed by atoms with E-state index in [9.17, 15) is 14.7 Å². The van der Waals surface area contributed by atoms with Crippen molar-refractivity contribution in [2.45, 2.75) is 45.6 Å². The minimum Gasteiger partial charge on any atom is -0.481 e. The molecular formula is C19H26N2O3. The second-order valence-corrected chi connectivity index (χ2v) is 7.69. The van der Waals surface area contributed by atoms with E-state index in [2.05, 4.69) is 31.3 Å². The van der Waals surface area contributed by atoms with Crippen molar-refractivity contribution in [3.8, 4) is 0 Å². The number of nitrogens with one attached hydrogen (secondary N) is 1. The van der Waals surface area contributed by atoms with Gasteiger partial charge in [0.25, 0.3) is 0 Å². The Balaban J connectivity index is 1.76. The lowest BCUT2D eigenvalue weighted by Gasteiger charge is -2.42. The minimum atomic E-state index is -0.809. The number of likely N-dealkylation sites (tertiary alicyclic amines) is 1. The third kappa shape index (κ3) is 3.25. The summed E-state index contributed by atoms with van der Waals surface area (Å²) in [6, 6.07) is 8.09. The van der Waals surface area contributed by atoms with Gasteiger partial charge in [-0.1, -0.05) is 38.1 Å². The van der Waals surface area contributed by atoms with Crippen LogP contribution in [0.5, 0.6) is 0 Å². The molecule has 2 amide bonds. The zero-order valence-electron chi connectivity index (χ0n) is 14.4. The maximum Gasteiger partial charge on any atom is 0.317 e. The smallest absolute Gasteiger partial charge is 0.317 e. The number of hydrogen-bond acceptors (Lipinski definition) is 2. The van der Waals surface area contributed by atoms with Crippen LogP contribution in [0.3, 0.4) is 0 Å². The molecule has 2 aliphatic rings. The van der Waals surface area contributed by atoms with Crippen LogP contribution >= 0.6 is 0 Å². The zero-order chi connectivity index (χ0) is 17.3. The molecule has 2 unspecified atom stereocenters. The van der Waals surface area contributed by atoms with Crippen LogP contribution in [0.15, 0.2) is 24.3 Å². The lowest BCUT2D eigenvalue weighted by atomic mass is 9.70. The Bertz CT molecular complexity index is 641. The van der Waals surface area contributed by atoms with Crippen molar-refractivity contribution in [3.05, 3.63) is 35.4 Å². The highest BCUT2D eigenvalue weighted by Crippen LogP contribution is 2.43. The van der Waals surface area contributed by atoms with Crippen molar-refractivity contribution in [1.29, 1.82) is 0 Å². The van der Waals surface area contributed by atoms with E-state index in [-0.39, 0.29) is 17.5 Å². The number of nitrogens with zero attached hydrogens (tertiary/aromatic N) is 1. The Morgan fingerprint density at radius 2 is 2.04 bits per heavy atom. The number of urea groups is 1. The molecule has 1 aromatic rings. The number of carbonyl (C=O) groups is 2. The molecule has 0 spiro atoms. The quantitative estimate of drug-likeness (QED) is 0.875. The summed E-state index contributed by atoms with van der Waals surface area (Å²) >= 11 is 0. The summed E-state index contributed by atoms with van der Waals surface area (Å²) in [6.45, 7) is 5.30. The highest BCUT2D eigenvalue weighted by molar-refractivity contribution is 5.77. The number of benzene rings is 1. The predicted molar refractivity (Wildman–Crippen MR) is 91.7 cm³/mol. The van der Waals surface area contributed by atoms with Gasteiger partial charge in [0.2, 0.25) is 0 Å². The molecule has 2 N–H and O–H groups in total. The highest BCUT2D eigenvalue weighted by atomic mass is 16.4. The van der Waals surface area contributed by atoms with Crippen LogP contribution in [-0.2, 0) is 11.2 Å². The molecule has 2 atom stereocenters. The summed E-state index contributed by atoms with van der Waals surface area (Å²) in [5.41, 5.74) is 2.46. The molecule has 1 heterocycles. The predicted octanol–water partition coefficient (Wildman–Crippen LogP) is 3.21. The van der Waals surface area contributed by atoms with Crippen molar-refractivity contribution < 1.29 is 14.7 Å². The van der Waals surface area contributed by atoms with Gasteiger partial charge in [-0.2, -0.15) is 0 Å². The molecule has 1 aromatic carbocycles. The lowest BCUT2D eigenvalue weighted by molar-refractivity contribution is -0.143. The van der Waals surface area contributed by atoms with Gasteiger partial charge in [0.15, 0.2) is 0 Å². The maximum absolute atomic E-state index is 12.8. The number of piperidine rings is 1. The summed E-state index contributed by atoms with van der Waals surface area (Å²) < 4.78 is 0. The number of carboxylic acid groups (broad SMARTS) is 1. The maximum atomic E-state index is 12.8. The molecule has 130 valence electrons. The fourth-order valence-corrected chi connectivity index (χ4v) is 3.92. The van der Waals surface area contributed by atoms with Gasteiger partial charge in [-0.05, 0) is 42.2 Å². The first kappa shape index (κ1) is 16.8. The molecule has 0 aromatic heterocycles. The van der Waals surface area contributed by atoms with E-state index < -0.39 is 11.9 Å². The number of aliphatic carboxylic acids is 1. The summed E-state index contributed by atoms with van der Waals surface area (Å²) in [5.74, 6) is -1.26. The van der Waals surface area contributed by atoms with Crippen LogP contribution in [0.1, 0.15) is 50.3 Å². The fraction of sp³-hybridized carbons (Fsp3) is 0.579. The van der Waals surface area contributed by atoms with Crippen molar-refractivity contribution in [2.75, 3.05) is 13.1 Å². The van der Waals surface area contributed by atoms with E-state index in [4.69, 9.17) is 0 Å². The van der Waals surface area contributed by atoms with Crippen molar-refractivity contribution >= 4 is 12.0 Å². The summed E-state index contributed by atoms with van der Waals surface area (Å²) in [5, 5.41) is 12.4. The molecule has 1 fully saturated rings. The Labute approximate surface area is 143 Å². The second kappa shape index (κ2) is 6.46. The van der Waals surface area contributed by atoms with Gasteiger partial charge in [0.05, 0.1) is 12.0 Å². The lowest BCUT2D eigenvalue weighted by Crippen LogP contribution is -2.50. The van der Waals surface area contributed by atoms with Crippen LogP contribution < -0.4 is 5.32 Å². The molecule has 1 saturated heterocycles. The molecule has 1 aliphatic carbocycles. The van der Waals surface area contributed by atoms with Gasteiger partial charge in [-0.25, -0.2) is 4.79 Å². The molecule has 3 rings (SSSR count). The average molecular weight is 330 g/mol. The van der Waals surface area contributed by atoms with Crippen LogP contribution in [0.4, 0.5) is 4.79 Å². The third-order valence-corrected chi connectivity index (χ3v) is 5.51. The van der Waals surface area contributed by atoms with Gasteiger partial charge in [-0.15, -0.1) is 0 Å². The van der Waals surface area contributed by atoms with E-state index in [1.807, 2.05) is 12.1 Å². The van der Waals surface area contributed by atoms with Gasteiger partial charge >= 0.3 is 12.0 Å². The number of carbonyl (C=O) groups excluding carboxylic acids is 1. The van der Waals surface area contributed by atoms with E-state index in [1.54, 1.807) is 4.90 Å². The largest absolute Gasteiger partial charge is 0.481 e. The molecule has 5 nitrogen and oxygen atoms in total. The Hall–Kier alpha value is -2.04. The Morgan fingerprint density at radius 3 is 2.79 bits per heavy atom. The molecule has 0 radical (unpaired) electrons. The zero-order valence-corrected chi connectivity index (χ0v) is 14.4. The number of amides is 2. The summed E-state index contributed by atoms with van der Waals surface area (Å²) in [6.07, 6.45) is 3.44. The average Bonchev–Trinajstić information content (AvgIpc) is 2.57. The Morgan fingerprint density at radius 1 is 1.29 bits per heavy atom. The summed E-state index contributed by atoms with van der Waals surface area (Å²) in [4.78, 5) is 25.6. The van der Waals surface area contributed by atoms with Crippen molar-refractivity contribution in [3.63, 3.8) is 0 Å². The second-order valence-electron chi connectivity index (χ2n) is 7.69. The number of hydrogen-bond donors (Lipinski definition) is 2. The minimum absolute atomic E-state index is 0.0218. The van der Waals surface area contributed by atoms with Crippen molar-refractivity contribution in [1.82, 2.24) is 10.2 Å². The van der Waals surface area contributed by atoms with E-state index in [0.29, 0.717) is 19.5 Å². The molecular weight excluding hydrogens is 304 g/mol. The molecule has 0 saturated carbocycles. The number of aryl methyl sites for hydroxylation is 1. The standard InChI is InChI=1S/C19H26N2O3/c1-19(2)10-9-13-6-3-4-8-15(13)16(19)20-18(24)21-11-5-7-14(12-21)17(22)23/h3-4,6,8,14,16H,5,7,9-12H2,1-2H3,(H,20,24)(H,22,23). The fourth-order valence-electron chi connectivity index (χ4n) is 3.92. The summed E-state index contributed by atoms with van der Waals surface area (Å²) in [7, 11) is 0. The normalized spacial score (nSPS) is 25.7. The molecule has 1 aliphatic heterocycles. The molecule has 24 heavy (non-hydrogen) atoms. The van der Waals surface area contributed by atoms with Gasteiger partial charge in [-0.3, -0.25) is 4.79 Å². The molecule has 0 bridgehead atoms. The van der Waals surface area contributed by atoms with E-state index in [0.717, 1.165) is 19.3 Å². The highest BCUT2D eigenvalue weighted by Gasteiger charge is 2.38. The number of fused-ring (bicyclic) bond motifs is 1. The van der Waals surface area contributed by atoms with E-state index in [1.165, 1.54) is 11.1 Å². The van der Waals surface area contributed by atoms with Crippen LogP contribution in [-0.4, -0.2) is 35.1 Å². The first-order chi connectivity index (χ1) is 11.4. The third-order valence-electron chi connectivity index (χ3n) is 5.51. The van der Waals surface area contributed by atoms with Crippen LogP contribution in [0.2, 0.25) is 0 Å². The molecule has 5 heteroatoms. The SMILES string of the molecule is CC1(C)CCc2ccccc2C1NC(=O)N1CCCC(C(=O)O)C1. The van der Waals surface area contributed by atoms with E-state index >= 15 is 0 Å². The van der Waals surface area contributed by atoms with Gasteiger partial charge < -0.3 is 15.3 Å². The number of rotatable bonds is 2. The van der Waals surface area contributed by atoms with Gasteiger partial charge in [0.1, 0.15) is 0 Å².